The van der Waals surface area contributed by atoms with Crippen LogP contribution in [-0.2, 0) is 40.9 Å². The highest BCUT2D eigenvalue weighted by Gasteiger charge is 2.26. The van der Waals surface area contributed by atoms with Crippen molar-refractivity contribution in [1.29, 1.82) is 5.26 Å². The summed E-state index contributed by atoms with van der Waals surface area (Å²) in [5, 5.41) is 13.8. The van der Waals surface area contributed by atoms with E-state index in [2.05, 4.69) is 17.0 Å². The van der Waals surface area contributed by atoms with E-state index >= 15 is 0 Å². The van der Waals surface area contributed by atoms with E-state index in [1.54, 1.807) is 22.7 Å². The summed E-state index contributed by atoms with van der Waals surface area (Å²) in [6, 6.07) is 10.8. The van der Waals surface area contributed by atoms with Gasteiger partial charge in [-0.2, -0.15) is 10.4 Å². The molecule has 0 aliphatic carbocycles. The summed E-state index contributed by atoms with van der Waals surface area (Å²) in [7, 11) is -2.93. The smallest absolute Gasteiger partial charge is 0.382 e. The normalized spacial score (nSPS) is 13.9. The van der Waals surface area contributed by atoms with E-state index in [0.717, 1.165) is 24.1 Å². The van der Waals surface area contributed by atoms with Crippen LogP contribution in [0.2, 0.25) is 5.02 Å². The Morgan fingerprint density at radius 3 is 2.09 bits per heavy atom. The van der Waals surface area contributed by atoms with Gasteiger partial charge in [0.25, 0.3) is 0 Å². The maximum Gasteiger partial charge on any atom is 0.472 e. The number of methoxy groups -OCH3 is 1. The molecule has 14 heteroatoms. The van der Waals surface area contributed by atoms with Gasteiger partial charge in [0.1, 0.15) is 24.0 Å². The third-order valence-electron chi connectivity index (χ3n) is 9.55. The highest BCUT2D eigenvalue weighted by Crippen LogP contribution is 2.43. The van der Waals surface area contributed by atoms with Crippen molar-refractivity contribution in [3.63, 3.8) is 0 Å². The molecule has 1 unspecified atom stereocenters. The van der Waals surface area contributed by atoms with Gasteiger partial charge >= 0.3 is 7.82 Å². The van der Waals surface area contributed by atoms with Gasteiger partial charge in [0.05, 0.1) is 43.1 Å². The zero-order chi connectivity index (χ0) is 38.9. The lowest BCUT2D eigenvalue weighted by Crippen LogP contribution is -2.26. The van der Waals surface area contributed by atoms with Gasteiger partial charge in [0, 0.05) is 19.4 Å². The molecule has 302 valence electrons. The van der Waals surface area contributed by atoms with E-state index < -0.39 is 20.0 Å². The second-order valence-electron chi connectivity index (χ2n) is 14.0. The first-order valence-corrected chi connectivity index (χ1v) is 21.7. The van der Waals surface area contributed by atoms with Crippen LogP contribution in [0.5, 0.6) is 0 Å². The minimum atomic E-state index is -4.45. The minimum absolute atomic E-state index is 0.148. The number of hydrogen-bond acceptors (Lipinski definition) is 10. The Kier molecular flexibility index (Phi) is 23.0. The lowest BCUT2D eigenvalue weighted by molar-refractivity contribution is -0.0523. The van der Waals surface area contributed by atoms with E-state index in [0.29, 0.717) is 41.4 Å². The van der Waals surface area contributed by atoms with Crippen molar-refractivity contribution < 1.29 is 32.7 Å². The highest BCUT2D eigenvalue weighted by atomic mass is 35.5. The standard InChI is InChI=1S/C40H63ClN5O7P/c1-3-4-5-6-7-8-9-10-11-12-13-14-15-16-17-18-25-50-29-37(51-28-33-19-20-34(27-42)38(41)26-33)31-53-54(47,48)52-30-36(49-2)23-21-35-22-24-39-40(43)44-32-45-46(35)39/h19-20,22,24,26,32,36-37H,3-18,21,23,25,28-31H2,1-2H3,(H,47,48)(H2,43,44,45)/t36-,37+/m0/s1. The number of aromatic nitrogens is 3. The molecular formula is C40H63ClN5O7P. The van der Waals surface area contributed by atoms with Gasteiger partial charge in [-0.05, 0) is 49.1 Å². The number of rotatable bonds is 32. The lowest BCUT2D eigenvalue weighted by Gasteiger charge is -2.21. The molecule has 0 saturated heterocycles. The largest absolute Gasteiger partial charge is 0.472 e. The predicted octanol–water partition coefficient (Wildman–Crippen LogP) is 9.78. The average molecular weight is 792 g/mol. The predicted molar refractivity (Wildman–Crippen MR) is 213 cm³/mol. The number of nitriles is 1. The fourth-order valence-electron chi connectivity index (χ4n) is 6.23. The summed E-state index contributed by atoms with van der Waals surface area (Å²) in [6.07, 6.45) is 22.1. The van der Waals surface area contributed by atoms with Crippen molar-refractivity contribution in [2.75, 3.05) is 39.3 Å². The zero-order valence-corrected chi connectivity index (χ0v) is 34.1. The number of anilines is 1. The Morgan fingerprint density at radius 1 is 0.889 bits per heavy atom. The van der Waals surface area contributed by atoms with Gasteiger partial charge < -0.3 is 24.8 Å². The van der Waals surface area contributed by atoms with Gasteiger partial charge in [-0.25, -0.2) is 14.1 Å². The van der Waals surface area contributed by atoms with E-state index in [-0.39, 0.29) is 26.4 Å². The Labute approximate surface area is 327 Å². The molecule has 3 aromatic rings. The second-order valence-corrected chi connectivity index (χ2v) is 15.8. The van der Waals surface area contributed by atoms with Crippen LogP contribution in [0.1, 0.15) is 133 Å². The Morgan fingerprint density at radius 2 is 1.50 bits per heavy atom. The number of fused-ring (bicyclic) bond motifs is 1. The molecule has 12 nitrogen and oxygen atoms in total. The van der Waals surface area contributed by atoms with Crippen LogP contribution in [0.4, 0.5) is 5.82 Å². The molecule has 3 rings (SSSR count). The van der Waals surface area contributed by atoms with E-state index in [1.165, 1.54) is 103 Å². The van der Waals surface area contributed by atoms with Gasteiger partial charge in [0.15, 0.2) is 5.82 Å². The number of nitrogens with zero attached hydrogens (tertiary/aromatic N) is 4. The van der Waals surface area contributed by atoms with Crippen LogP contribution in [0, 0.1) is 11.3 Å². The fourth-order valence-corrected chi connectivity index (χ4v) is 7.26. The van der Waals surface area contributed by atoms with Gasteiger partial charge in [0.2, 0.25) is 0 Å². The molecule has 0 amide bonds. The van der Waals surface area contributed by atoms with Crippen molar-refractivity contribution in [3.8, 4) is 6.07 Å². The molecule has 2 heterocycles. The zero-order valence-electron chi connectivity index (χ0n) is 32.5. The van der Waals surface area contributed by atoms with Crippen molar-refractivity contribution in [2.45, 2.75) is 141 Å². The van der Waals surface area contributed by atoms with Crippen LogP contribution in [0.25, 0.3) is 5.52 Å². The molecule has 0 aliphatic rings. The number of phosphoric acid groups is 1. The molecule has 2 aromatic heterocycles. The number of nitrogens with two attached hydrogens (primary N) is 1. The first-order valence-electron chi connectivity index (χ1n) is 19.9. The molecule has 3 atom stereocenters. The molecule has 0 aliphatic heterocycles. The number of unbranched alkanes of at least 4 members (excludes halogenated alkanes) is 15. The van der Waals surface area contributed by atoms with E-state index in [1.807, 2.05) is 18.2 Å². The lowest BCUT2D eigenvalue weighted by atomic mass is 10.0. The summed E-state index contributed by atoms with van der Waals surface area (Å²) in [6.45, 7) is 2.75. The molecule has 0 fully saturated rings. The number of halogens is 1. The fraction of sp³-hybridized carbons (Fsp3) is 0.675. The summed E-state index contributed by atoms with van der Waals surface area (Å²) in [5.41, 5.74) is 8.65. The number of phosphoric ester groups is 1. The summed E-state index contributed by atoms with van der Waals surface area (Å²) >= 11 is 6.20. The van der Waals surface area contributed by atoms with Crippen molar-refractivity contribution in [2.24, 2.45) is 0 Å². The maximum absolute atomic E-state index is 12.9. The minimum Gasteiger partial charge on any atom is -0.382 e. The first-order chi connectivity index (χ1) is 26.3. The SMILES string of the molecule is CCCCCCCCCCCCCCCCCCOC[C@H](COP(=O)(O)OC[C@H](CCc1ccc2c(N)ncnn12)OC)OCc1ccc(C#N)c(Cl)c1. The third-order valence-corrected chi connectivity index (χ3v) is 10.8. The van der Waals surface area contributed by atoms with Gasteiger partial charge in [-0.3, -0.25) is 9.05 Å². The summed E-state index contributed by atoms with van der Waals surface area (Å²) in [5.74, 6) is 0.384. The van der Waals surface area contributed by atoms with Crippen LogP contribution in [0.3, 0.4) is 0 Å². The van der Waals surface area contributed by atoms with Gasteiger partial charge in [-0.1, -0.05) is 121 Å². The highest BCUT2D eigenvalue weighted by molar-refractivity contribution is 7.47. The first kappa shape index (κ1) is 45.8. The maximum atomic E-state index is 12.9. The number of hydrogen-bond donors (Lipinski definition) is 2. The Balaban J connectivity index is 1.34. The molecular weight excluding hydrogens is 729 g/mol. The summed E-state index contributed by atoms with van der Waals surface area (Å²) in [4.78, 5) is 14.5. The average Bonchev–Trinajstić information content (AvgIpc) is 3.59. The van der Waals surface area contributed by atoms with Gasteiger partial charge in [-0.15, -0.1) is 0 Å². The van der Waals surface area contributed by atoms with Crippen LogP contribution in [-0.4, -0.2) is 65.2 Å². The molecule has 3 N–H and O–H groups in total. The molecule has 0 spiro atoms. The van der Waals surface area contributed by atoms with Crippen molar-refractivity contribution in [1.82, 2.24) is 14.6 Å². The van der Waals surface area contributed by atoms with E-state index in [9.17, 15) is 14.7 Å². The van der Waals surface area contributed by atoms with Crippen molar-refractivity contribution in [3.05, 3.63) is 58.5 Å². The number of benzene rings is 1. The molecule has 0 bridgehead atoms. The van der Waals surface area contributed by atoms with Crippen LogP contribution < -0.4 is 5.73 Å². The van der Waals surface area contributed by atoms with E-state index in [4.69, 9.17) is 40.6 Å². The van der Waals surface area contributed by atoms with Crippen LogP contribution in [0.15, 0.2) is 36.7 Å². The Bertz CT molecular complexity index is 1550. The molecule has 54 heavy (non-hydrogen) atoms. The Hall–Kier alpha value is -2.59. The second kappa shape index (κ2) is 27.1. The molecule has 1 aromatic carbocycles. The topological polar surface area (TPSA) is 163 Å². The van der Waals surface area contributed by atoms with Crippen LogP contribution >= 0.6 is 19.4 Å². The summed E-state index contributed by atoms with van der Waals surface area (Å²) < 4.78 is 42.8. The monoisotopic (exact) mass is 791 g/mol. The quantitative estimate of drug-likeness (QED) is 0.0457. The molecule has 0 radical (unpaired) electrons. The molecule has 0 saturated carbocycles. The number of nitrogen functional groups attached to an aromatic ring is 1. The number of aryl methyl sites for hydroxylation is 1. The third kappa shape index (κ3) is 18.4. The number of ether oxygens (including phenoxy) is 3. The van der Waals surface area contributed by atoms with Crippen molar-refractivity contribution >= 4 is 30.8 Å².